The third kappa shape index (κ3) is 13.1. The molecule has 1 aliphatic rings. The highest BCUT2D eigenvalue weighted by Crippen LogP contribution is 2.11. The number of alkyl carbamates (subject to hydrolysis) is 1. The van der Waals surface area contributed by atoms with Gasteiger partial charge in [0.15, 0.2) is 5.78 Å². The van der Waals surface area contributed by atoms with Crippen LogP contribution in [0.25, 0.3) is 0 Å². The molecule has 0 bridgehead atoms. The molecule has 0 radical (unpaired) electrons. The lowest BCUT2D eigenvalue weighted by molar-refractivity contribution is -0.144. The molecule has 1 heterocycles. The first kappa shape index (κ1) is 27.5. The number of amides is 1. The van der Waals surface area contributed by atoms with Crippen molar-refractivity contribution in [1.82, 2.24) is 5.32 Å². The smallest absolute Gasteiger partial charge is 0.407 e. The fourth-order valence-corrected chi connectivity index (χ4v) is 2.65. The summed E-state index contributed by atoms with van der Waals surface area (Å²) in [5, 5.41) is 15.5. The molecule has 11 heteroatoms. The number of carbonyl (C=O) groups excluding carboxylic acids is 3. The number of epoxide rings is 1. The van der Waals surface area contributed by atoms with Crippen LogP contribution in [0.5, 0.6) is 0 Å². The number of benzene rings is 1. The van der Waals surface area contributed by atoms with Gasteiger partial charge >= 0.3 is 12.1 Å². The molecule has 1 fully saturated rings. The second kappa shape index (κ2) is 16.0. The third-order valence-electron chi connectivity index (χ3n) is 4.61. The highest BCUT2D eigenvalue weighted by Gasteiger charge is 2.23. The molecule has 2 rings (SSSR count). The minimum absolute atomic E-state index is 0.0462. The van der Waals surface area contributed by atoms with E-state index in [0.717, 1.165) is 0 Å². The van der Waals surface area contributed by atoms with E-state index in [0.29, 0.717) is 57.1 Å². The highest BCUT2D eigenvalue weighted by atomic mass is 16.6. The summed E-state index contributed by atoms with van der Waals surface area (Å²) in [6, 6.07) is 6.93. The first-order valence-corrected chi connectivity index (χ1v) is 11.3. The monoisotopic (exact) mass is 482 g/mol. The van der Waals surface area contributed by atoms with Gasteiger partial charge in [-0.05, 0) is 25.5 Å². The summed E-state index contributed by atoms with van der Waals surface area (Å²) in [4.78, 5) is 34.5. The number of ketones is 1. The van der Waals surface area contributed by atoms with Gasteiger partial charge in [-0.1, -0.05) is 12.1 Å². The predicted octanol–water partition coefficient (Wildman–Crippen LogP) is 1.14. The van der Waals surface area contributed by atoms with Crippen LogP contribution in [0.1, 0.15) is 30.1 Å². The van der Waals surface area contributed by atoms with Crippen LogP contribution < -0.4 is 10.6 Å². The average Bonchev–Trinajstić information content (AvgIpc) is 3.66. The third-order valence-corrected chi connectivity index (χ3v) is 4.61. The number of anilines is 1. The maximum absolute atomic E-state index is 11.7. The van der Waals surface area contributed by atoms with Crippen LogP contribution in [-0.2, 0) is 28.5 Å². The van der Waals surface area contributed by atoms with Crippen molar-refractivity contribution in [3.63, 3.8) is 0 Å². The van der Waals surface area contributed by atoms with Gasteiger partial charge in [0.2, 0.25) is 0 Å². The Bertz CT molecular complexity index is 771. The zero-order chi connectivity index (χ0) is 24.6. The van der Waals surface area contributed by atoms with E-state index in [4.69, 9.17) is 23.7 Å². The molecule has 1 aromatic carbocycles. The quantitative estimate of drug-likeness (QED) is 0.121. The molecule has 0 aliphatic carbocycles. The van der Waals surface area contributed by atoms with Gasteiger partial charge in [-0.25, -0.2) is 4.79 Å². The van der Waals surface area contributed by atoms with Gasteiger partial charge in [-0.2, -0.15) is 0 Å². The zero-order valence-electron chi connectivity index (χ0n) is 19.5. The van der Waals surface area contributed by atoms with E-state index in [-0.39, 0.29) is 44.2 Å². The first-order valence-electron chi connectivity index (χ1n) is 11.3. The lowest BCUT2D eigenvalue weighted by Crippen LogP contribution is -2.32. The molecule has 190 valence electrons. The van der Waals surface area contributed by atoms with Gasteiger partial charge in [-0.3, -0.25) is 9.59 Å². The molecule has 1 amide bonds. The van der Waals surface area contributed by atoms with Gasteiger partial charge in [0.05, 0.1) is 26.4 Å². The summed E-state index contributed by atoms with van der Waals surface area (Å²) in [5.41, 5.74) is 1.26. The largest absolute Gasteiger partial charge is 0.463 e. The maximum atomic E-state index is 11.7. The SMILES string of the molecule is CC(=O)c1cccc(NCC(O)COC(=O)NCCOCCOCCCC(=O)OCC2CO2)c1. The summed E-state index contributed by atoms with van der Waals surface area (Å²) >= 11 is 0. The number of aliphatic hydroxyl groups excluding tert-OH is 1. The standard InChI is InChI=1S/C23H34N2O9/c1-17(26)18-4-2-5-19(12-18)25-13-20(27)14-34-23(29)24-7-9-31-11-10-30-8-3-6-22(28)33-16-21-15-32-21/h2,4-5,12,20-21,25,27H,3,6-11,13-16H2,1H3,(H,24,29). The lowest BCUT2D eigenvalue weighted by Gasteiger charge is -2.14. The Morgan fingerprint density at radius 1 is 1.15 bits per heavy atom. The fourth-order valence-electron chi connectivity index (χ4n) is 2.65. The summed E-state index contributed by atoms with van der Waals surface area (Å²) < 4.78 is 25.6. The van der Waals surface area contributed by atoms with Crippen LogP contribution in [0.15, 0.2) is 24.3 Å². The topological polar surface area (TPSA) is 145 Å². The molecule has 0 spiro atoms. The Morgan fingerprint density at radius 2 is 1.91 bits per heavy atom. The predicted molar refractivity (Wildman–Crippen MR) is 122 cm³/mol. The summed E-state index contributed by atoms with van der Waals surface area (Å²) in [6.45, 7) is 4.15. The Morgan fingerprint density at radius 3 is 2.65 bits per heavy atom. The number of ether oxygens (including phenoxy) is 5. The van der Waals surface area contributed by atoms with Crippen molar-refractivity contribution in [3.8, 4) is 0 Å². The Labute approximate surface area is 199 Å². The Hall–Kier alpha value is -2.73. The molecule has 11 nitrogen and oxygen atoms in total. The summed E-state index contributed by atoms with van der Waals surface area (Å²) in [5.74, 6) is -0.299. The van der Waals surface area contributed by atoms with E-state index < -0.39 is 12.2 Å². The van der Waals surface area contributed by atoms with Crippen molar-refractivity contribution in [2.75, 3.05) is 64.7 Å². The van der Waals surface area contributed by atoms with Crippen molar-refractivity contribution < 1.29 is 43.2 Å². The molecular formula is C23H34N2O9. The minimum atomic E-state index is -0.908. The second-order valence-electron chi connectivity index (χ2n) is 7.66. The van der Waals surface area contributed by atoms with Gasteiger partial charge < -0.3 is 39.4 Å². The molecule has 1 aliphatic heterocycles. The summed E-state index contributed by atoms with van der Waals surface area (Å²) in [7, 11) is 0. The van der Waals surface area contributed by atoms with Crippen LogP contribution in [0.2, 0.25) is 0 Å². The number of esters is 1. The molecule has 2 unspecified atom stereocenters. The van der Waals surface area contributed by atoms with Crippen LogP contribution >= 0.6 is 0 Å². The first-order chi connectivity index (χ1) is 16.4. The number of nitrogens with one attached hydrogen (secondary N) is 2. The second-order valence-corrected chi connectivity index (χ2v) is 7.66. The molecule has 1 saturated heterocycles. The normalized spacial score (nSPS) is 15.3. The number of aliphatic hydroxyl groups is 1. The number of rotatable bonds is 18. The van der Waals surface area contributed by atoms with E-state index in [2.05, 4.69) is 10.6 Å². The average molecular weight is 483 g/mol. The number of hydrogen-bond donors (Lipinski definition) is 3. The molecular weight excluding hydrogens is 448 g/mol. The van der Waals surface area contributed by atoms with Crippen LogP contribution in [0.3, 0.4) is 0 Å². The van der Waals surface area contributed by atoms with Crippen molar-refractivity contribution in [2.45, 2.75) is 32.0 Å². The van der Waals surface area contributed by atoms with Crippen LogP contribution in [-0.4, -0.2) is 94.5 Å². The number of Topliss-reactive ketones (excluding diaryl/α,β-unsaturated/α-hetero) is 1. The van der Waals surface area contributed by atoms with Crippen molar-refractivity contribution >= 4 is 23.5 Å². The van der Waals surface area contributed by atoms with Crippen molar-refractivity contribution in [2.24, 2.45) is 0 Å². The highest BCUT2D eigenvalue weighted by molar-refractivity contribution is 5.94. The molecule has 1 aromatic rings. The van der Waals surface area contributed by atoms with Crippen molar-refractivity contribution in [3.05, 3.63) is 29.8 Å². The molecule has 34 heavy (non-hydrogen) atoms. The van der Waals surface area contributed by atoms with Crippen LogP contribution in [0.4, 0.5) is 10.5 Å². The molecule has 2 atom stereocenters. The molecule has 3 N–H and O–H groups in total. The van der Waals surface area contributed by atoms with E-state index in [9.17, 15) is 19.5 Å². The maximum Gasteiger partial charge on any atom is 0.407 e. The minimum Gasteiger partial charge on any atom is -0.463 e. The molecule has 0 aromatic heterocycles. The zero-order valence-corrected chi connectivity index (χ0v) is 19.5. The Kier molecular flexibility index (Phi) is 12.9. The van der Waals surface area contributed by atoms with Crippen LogP contribution in [0, 0.1) is 0 Å². The summed E-state index contributed by atoms with van der Waals surface area (Å²) in [6.07, 6.45) is -0.611. The van der Waals surface area contributed by atoms with Gasteiger partial charge in [-0.15, -0.1) is 0 Å². The number of carbonyl (C=O) groups is 3. The number of hydrogen-bond acceptors (Lipinski definition) is 10. The molecule has 0 saturated carbocycles. The Balaban J connectivity index is 1.37. The van der Waals surface area contributed by atoms with E-state index >= 15 is 0 Å². The van der Waals surface area contributed by atoms with E-state index in [1.807, 2.05) is 0 Å². The van der Waals surface area contributed by atoms with Crippen molar-refractivity contribution in [1.29, 1.82) is 0 Å². The van der Waals surface area contributed by atoms with Gasteiger partial charge in [0, 0.05) is 37.4 Å². The lowest BCUT2D eigenvalue weighted by atomic mass is 10.1. The van der Waals surface area contributed by atoms with Gasteiger partial charge in [0.1, 0.15) is 25.4 Å². The fraction of sp³-hybridized carbons (Fsp3) is 0.609. The van der Waals surface area contributed by atoms with E-state index in [1.165, 1.54) is 6.92 Å². The van der Waals surface area contributed by atoms with Gasteiger partial charge in [0.25, 0.3) is 0 Å². The van der Waals surface area contributed by atoms with E-state index in [1.54, 1.807) is 24.3 Å².